The lowest BCUT2D eigenvalue weighted by atomic mass is 10.1. The standard InChI is InChI=1S/C14H19BrN2O2/c1-4-5-8(2)19-12-7-11-9(6-10(12)15)13(16-3)14(18)17-11/h6-8,13,16H,4-5H2,1-3H3,(H,17,18). The number of likely N-dealkylation sites (N-methyl/N-ethyl adjacent to an activating group) is 1. The molecule has 2 unspecified atom stereocenters. The Morgan fingerprint density at radius 3 is 2.89 bits per heavy atom. The highest BCUT2D eigenvalue weighted by atomic mass is 79.9. The number of ether oxygens (including phenoxy) is 1. The van der Waals surface area contributed by atoms with Crippen LogP contribution in [0.2, 0.25) is 0 Å². The van der Waals surface area contributed by atoms with E-state index in [1.165, 1.54) is 0 Å². The summed E-state index contributed by atoms with van der Waals surface area (Å²) in [6, 6.07) is 3.55. The van der Waals surface area contributed by atoms with Crippen molar-refractivity contribution in [2.24, 2.45) is 0 Å². The average Bonchev–Trinajstić information content (AvgIpc) is 2.64. The minimum Gasteiger partial charge on any atom is -0.489 e. The van der Waals surface area contributed by atoms with Gasteiger partial charge in [-0.15, -0.1) is 0 Å². The molecule has 2 N–H and O–H groups in total. The van der Waals surface area contributed by atoms with Gasteiger partial charge in [-0.1, -0.05) is 13.3 Å². The first-order valence-corrected chi connectivity index (χ1v) is 7.34. The van der Waals surface area contributed by atoms with Crippen LogP contribution in [0.3, 0.4) is 0 Å². The summed E-state index contributed by atoms with van der Waals surface area (Å²) in [5, 5.41) is 5.87. The normalized spacial score (nSPS) is 18.9. The molecule has 0 aromatic heterocycles. The molecule has 0 saturated heterocycles. The number of amides is 1. The summed E-state index contributed by atoms with van der Waals surface area (Å²) in [7, 11) is 1.78. The van der Waals surface area contributed by atoms with Gasteiger partial charge in [0.25, 0.3) is 0 Å². The average molecular weight is 327 g/mol. The lowest BCUT2D eigenvalue weighted by Gasteiger charge is -2.16. The Morgan fingerprint density at radius 1 is 1.53 bits per heavy atom. The summed E-state index contributed by atoms with van der Waals surface area (Å²) < 4.78 is 6.78. The smallest absolute Gasteiger partial charge is 0.246 e. The maximum Gasteiger partial charge on any atom is 0.246 e. The van der Waals surface area contributed by atoms with Crippen LogP contribution in [0.1, 0.15) is 38.3 Å². The molecular formula is C14H19BrN2O2. The number of rotatable bonds is 5. The zero-order valence-corrected chi connectivity index (χ0v) is 13.0. The molecule has 0 fully saturated rings. The molecule has 2 atom stereocenters. The number of hydrogen-bond donors (Lipinski definition) is 2. The Morgan fingerprint density at radius 2 is 2.26 bits per heavy atom. The first kappa shape index (κ1) is 14.3. The second-order valence-corrected chi connectivity index (χ2v) is 5.65. The predicted molar refractivity (Wildman–Crippen MR) is 79.6 cm³/mol. The van der Waals surface area contributed by atoms with Crippen molar-refractivity contribution in [2.75, 3.05) is 12.4 Å². The summed E-state index contributed by atoms with van der Waals surface area (Å²) in [4.78, 5) is 11.8. The number of halogens is 1. The molecule has 1 aromatic carbocycles. The SMILES string of the molecule is CCCC(C)Oc1cc2c(cc1Br)C(NC)C(=O)N2. The molecule has 4 nitrogen and oxygen atoms in total. The Bertz CT molecular complexity index is 491. The van der Waals surface area contributed by atoms with Crippen LogP contribution in [0.4, 0.5) is 5.69 Å². The largest absolute Gasteiger partial charge is 0.489 e. The van der Waals surface area contributed by atoms with Crippen molar-refractivity contribution in [3.63, 3.8) is 0 Å². The van der Waals surface area contributed by atoms with Crippen LogP contribution >= 0.6 is 15.9 Å². The van der Waals surface area contributed by atoms with Crippen LogP contribution in [0.25, 0.3) is 0 Å². The van der Waals surface area contributed by atoms with Gasteiger partial charge in [-0.3, -0.25) is 4.79 Å². The highest BCUT2D eigenvalue weighted by Gasteiger charge is 2.30. The second-order valence-electron chi connectivity index (χ2n) is 4.80. The van der Waals surface area contributed by atoms with Crippen LogP contribution in [-0.4, -0.2) is 19.1 Å². The van der Waals surface area contributed by atoms with Crippen molar-refractivity contribution in [1.29, 1.82) is 0 Å². The van der Waals surface area contributed by atoms with Crippen molar-refractivity contribution >= 4 is 27.5 Å². The maximum atomic E-state index is 11.8. The van der Waals surface area contributed by atoms with Gasteiger partial charge in [0.1, 0.15) is 11.8 Å². The quantitative estimate of drug-likeness (QED) is 0.873. The van der Waals surface area contributed by atoms with Gasteiger partial charge in [-0.2, -0.15) is 0 Å². The molecule has 0 radical (unpaired) electrons. The van der Waals surface area contributed by atoms with E-state index in [4.69, 9.17) is 4.74 Å². The lowest BCUT2D eigenvalue weighted by Crippen LogP contribution is -2.23. The van der Waals surface area contributed by atoms with Crippen molar-refractivity contribution < 1.29 is 9.53 Å². The van der Waals surface area contributed by atoms with Gasteiger partial charge in [0, 0.05) is 17.3 Å². The highest BCUT2D eigenvalue weighted by molar-refractivity contribution is 9.10. The molecule has 1 heterocycles. The maximum absolute atomic E-state index is 11.8. The van der Waals surface area contributed by atoms with E-state index in [2.05, 4.69) is 40.4 Å². The van der Waals surface area contributed by atoms with E-state index in [0.717, 1.165) is 34.3 Å². The first-order chi connectivity index (χ1) is 9.06. The molecule has 1 aromatic rings. The number of carbonyl (C=O) groups excluding carboxylic acids is 1. The van der Waals surface area contributed by atoms with Gasteiger partial charge in [0.05, 0.1) is 10.6 Å². The molecule has 5 heteroatoms. The fourth-order valence-corrected chi connectivity index (χ4v) is 2.78. The van der Waals surface area contributed by atoms with Gasteiger partial charge in [0.2, 0.25) is 5.91 Å². The Labute approximate surface area is 122 Å². The molecule has 104 valence electrons. The fraction of sp³-hybridized carbons (Fsp3) is 0.500. The topological polar surface area (TPSA) is 50.4 Å². The van der Waals surface area contributed by atoms with Gasteiger partial charge < -0.3 is 15.4 Å². The van der Waals surface area contributed by atoms with Crippen LogP contribution in [0.15, 0.2) is 16.6 Å². The molecule has 1 amide bonds. The third-order valence-corrected chi connectivity index (χ3v) is 3.87. The number of nitrogens with one attached hydrogen (secondary N) is 2. The van der Waals surface area contributed by atoms with E-state index < -0.39 is 0 Å². The number of carbonyl (C=O) groups is 1. The Balaban J connectivity index is 2.26. The molecule has 2 rings (SSSR count). The van der Waals surface area contributed by atoms with Gasteiger partial charge in [-0.25, -0.2) is 0 Å². The molecule has 0 saturated carbocycles. The van der Waals surface area contributed by atoms with Crippen molar-refractivity contribution in [2.45, 2.75) is 38.8 Å². The van der Waals surface area contributed by atoms with Crippen molar-refractivity contribution in [3.05, 3.63) is 22.2 Å². The monoisotopic (exact) mass is 326 g/mol. The van der Waals surface area contributed by atoms with Crippen molar-refractivity contribution in [3.8, 4) is 5.75 Å². The zero-order valence-electron chi connectivity index (χ0n) is 11.4. The highest BCUT2D eigenvalue weighted by Crippen LogP contribution is 2.39. The predicted octanol–water partition coefficient (Wildman–Crippen LogP) is 3.23. The summed E-state index contributed by atoms with van der Waals surface area (Å²) in [6.45, 7) is 4.19. The molecule has 1 aliphatic rings. The van der Waals surface area contributed by atoms with Crippen LogP contribution in [0.5, 0.6) is 5.75 Å². The van der Waals surface area contributed by atoms with E-state index in [0.29, 0.717) is 0 Å². The fourth-order valence-electron chi connectivity index (χ4n) is 2.32. The molecule has 1 aliphatic heterocycles. The first-order valence-electron chi connectivity index (χ1n) is 6.55. The van der Waals surface area contributed by atoms with Crippen molar-refractivity contribution in [1.82, 2.24) is 5.32 Å². The molecular weight excluding hydrogens is 308 g/mol. The lowest BCUT2D eigenvalue weighted by molar-refractivity contribution is -0.117. The second kappa shape index (κ2) is 5.92. The minimum atomic E-state index is -0.284. The third kappa shape index (κ3) is 2.92. The van der Waals surface area contributed by atoms with Gasteiger partial charge in [0.15, 0.2) is 0 Å². The van der Waals surface area contributed by atoms with E-state index >= 15 is 0 Å². The summed E-state index contributed by atoms with van der Waals surface area (Å²) in [5.41, 5.74) is 1.78. The van der Waals surface area contributed by atoms with Gasteiger partial charge >= 0.3 is 0 Å². The summed E-state index contributed by atoms with van der Waals surface area (Å²) in [6.07, 6.45) is 2.26. The van der Waals surface area contributed by atoms with Crippen LogP contribution in [-0.2, 0) is 4.79 Å². The number of fused-ring (bicyclic) bond motifs is 1. The van der Waals surface area contributed by atoms with E-state index in [1.807, 2.05) is 12.1 Å². The third-order valence-electron chi connectivity index (χ3n) is 3.25. The van der Waals surface area contributed by atoms with Crippen LogP contribution < -0.4 is 15.4 Å². The van der Waals surface area contributed by atoms with Gasteiger partial charge in [-0.05, 0) is 42.4 Å². The zero-order chi connectivity index (χ0) is 14.0. The number of benzene rings is 1. The van der Waals surface area contributed by atoms with Crippen LogP contribution in [0, 0.1) is 0 Å². The number of anilines is 1. The molecule has 19 heavy (non-hydrogen) atoms. The van der Waals surface area contributed by atoms with E-state index in [9.17, 15) is 4.79 Å². The minimum absolute atomic E-state index is 0.0249. The number of hydrogen-bond acceptors (Lipinski definition) is 3. The van der Waals surface area contributed by atoms with E-state index in [-0.39, 0.29) is 18.1 Å². The molecule has 0 spiro atoms. The molecule has 0 aliphatic carbocycles. The summed E-state index contributed by atoms with van der Waals surface area (Å²) in [5.74, 6) is 0.750. The molecule has 0 bridgehead atoms. The van der Waals surface area contributed by atoms with E-state index in [1.54, 1.807) is 7.05 Å². The Hall–Kier alpha value is -1.07. The Kier molecular flexibility index (Phi) is 4.47. The summed E-state index contributed by atoms with van der Waals surface area (Å²) >= 11 is 3.51.